The fourth-order valence-electron chi connectivity index (χ4n) is 10.1. The molecule has 3 heterocycles. The van der Waals surface area contributed by atoms with E-state index in [1.54, 1.807) is 0 Å². The van der Waals surface area contributed by atoms with Crippen LogP contribution in [-0.4, -0.2) is 17.2 Å². The predicted molar refractivity (Wildman–Crippen MR) is 251 cm³/mol. The van der Waals surface area contributed by atoms with Gasteiger partial charge in [-0.05, 0) is 87.8 Å². The highest BCUT2D eigenvalue weighted by molar-refractivity contribution is 7.20. The molecule has 0 spiro atoms. The Morgan fingerprint density at radius 2 is 0.949 bits per heavy atom. The highest BCUT2D eigenvalue weighted by atomic mass is 28.3. The summed E-state index contributed by atoms with van der Waals surface area (Å²) in [5.74, 6) is 0. The summed E-state index contributed by atoms with van der Waals surface area (Å²) >= 11 is 0. The topological polar surface area (TPSA) is 23.0 Å². The van der Waals surface area contributed by atoms with Crippen molar-refractivity contribution in [2.75, 3.05) is 0 Å². The Morgan fingerprint density at radius 1 is 0.356 bits per heavy atom. The fourth-order valence-corrected chi connectivity index (χ4v) is 15.0. The second kappa shape index (κ2) is 13.1. The van der Waals surface area contributed by atoms with E-state index in [2.05, 4.69) is 222 Å². The van der Waals surface area contributed by atoms with Gasteiger partial charge < -0.3 is 13.6 Å². The molecule has 0 saturated heterocycles. The van der Waals surface area contributed by atoms with E-state index in [0.717, 1.165) is 33.3 Å². The van der Waals surface area contributed by atoms with Gasteiger partial charge in [0, 0.05) is 43.7 Å². The molecule has 0 atom stereocenters. The van der Waals surface area contributed by atoms with Crippen LogP contribution < -0.4 is 20.7 Å². The molecule has 0 bridgehead atoms. The lowest BCUT2D eigenvalue weighted by atomic mass is 10.1. The summed E-state index contributed by atoms with van der Waals surface area (Å²) < 4.78 is 11.4. The minimum absolute atomic E-state index is 0.911. The number of aryl methyl sites for hydroxylation is 1. The van der Waals surface area contributed by atoms with Gasteiger partial charge in [-0.25, -0.2) is 0 Å². The van der Waals surface area contributed by atoms with Crippen LogP contribution in [0.25, 0.3) is 76.9 Å². The molecule has 0 saturated carbocycles. The third kappa shape index (κ3) is 4.94. The average Bonchev–Trinajstić information content (AvgIpc) is 3.95. The highest BCUT2D eigenvalue weighted by Gasteiger charge is 2.42. The number of hydrogen-bond donors (Lipinski definition) is 0. The van der Waals surface area contributed by atoms with Crippen molar-refractivity contribution < 1.29 is 4.42 Å². The molecule has 0 N–H and O–H groups in total. The first kappa shape index (κ1) is 33.7. The van der Waals surface area contributed by atoms with Crippen molar-refractivity contribution in [3.63, 3.8) is 0 Å². The van der Waals surface area contributed by atoms with Crippen LogP contribution in [-0.2, 0) is 0 Å². The van der Waals surface area contributed by atoms with Gasteiger partial charge in [0.05, 0.1) is 22.1 Å². The number of aromatic nitrogens is 2. The van der Waals surface area contributed by atoms with Crippen LogP contribution in [0.4, 0.5) is 0 Å². The van der Waals surface area contributed by atoms with Gasteiger partial charge in [0.2, 0.25) is 0 Å². The fraction of sp³-hybridized carbons (Fsp3) is 0.0182. The molecule has 0 aliphatic heterocycles. The lowest BCUT2D eigenvalue weighted by molar-refractivity contribution is 0.669. The van der Waals surface area contributed by atoms with Crippen molar-refractivity contribution in [2.45, 2.75) is 6.92 Å². The second-order valence-electron chi connectivity index (χ2n) is 15.7. The van der Waals surface area contributed by atoms with Crippen molar-refractivity contribution in [2.24, 2.45) is 0 Å². The van der Waals surface area contributed by atoms with E-state index in [-0.39, 0.29) is 0 Å². The summed E-state index contributed by atoms with van der Waals surface area (Å²) in [4.78, 5) is 0. The van der Waals surface area contributed by atoms with Gasteiger partial charge in [0.15, 0.2) is 8.07 Å². The van der Waals surface area contributed by atoms with Crippen LogP contribution in [0.1, 0.15) is 5.56 Å². The number of benzene rings is 9. The first-order valence-electron chi connectivity index (χ1n) is 20.3. The Kier molecular flexibility index (Phi) is 7.47. The van der Waals surface area contributed by atoms with Crippen LogP contribution in [0.15, 0.2) is 217 Å². The average molecular weight is 771 g/mol. The maximum Gasteiger partial charge on any atom is 0.179 e. The van der Waals surface area contributed by atoms with E-state index in [1.807, 2.05) is 6.07 Å². The Labute approximate surface area is 342 Å². The number of para-hydroxylation sites is 4. The number of fused-ring (bicyclic) bond motifs is 10. The summed E-state index contributed by atoms with van der Waals surface area (Å²) in [6.45, 7) is 2.26. The summed E-state index contributed by atoms with van der Waals surface area (Å²) in [6, 6.07) is 78.4. The minimum atomic E-state index is -2.97. The normalized spacial score (nSPS) is 12.2. The molecule has 0 fully saturated rings. The molecule has 9 aromatic carbocycles. The molecule has 0 aliphatic carbocycles. The Morgan fingerprint density at radius 3 is 1.68 bits per heavy atom. The lowest BCUT2D eigenvalue weighted by Gasteiger charge is -2.35. The lowest BCUT2D eigenvalue weighted by Crippen LogP contribution is -2.74. The maximum atomic E-state index is 6.40. The highest BCUT2D eigenvalue weighted by Crippen LogP contribution is 2.42. The van der Waals surface area contributed by atoms with Crippen LogP contribution in [0.2, 0.25) is 0 Å². The first-order valence-corrected chi connectivity index (χ1v) is 22.3. The first-order chi connectivity index (χ1) is 29.2. The van der Waals surface area contributed by atoms with Gasteiger partial charge in [0.1, 0.15) is 11.2 Å². The monoisotopic (exact) mass is 770 g/mol. The summed E-state index contributed by atoms with van der Waals surface area (Å²) in [7, 11) is -2.97. The zero-order valence-corrected chi connectivity index (χ0v) is 33.5. The molecule has 4 heteroatoms. The Hall–Kier alpha value is -7.40. The molecule has 3 nitrogen and oxygen atoms in total. The van der Waals surface area contributed by atoms with Crippen molar-refractivity contribution >= 4 is 94.4 Å². The third-order valence-electron chi connectivity index (χ3n) is 12.5. The molecule has 12 rings (SSSR count). The van der Waals surface area contributed by atoms with E-state index < -0.39 is 8.07 Å². The largest absolute Gasteiger partial charge is 0.456 e. The quantitative estimate of drug-likeness (QED) is 0.122. The van der Waals surface area contributed by atoms with Crippen molar-refractivity contribution in [3.8, 4) is 11.4 Å². The maximum absolute atomic E-state index is 6.40. The van der Waals surface area contributed by atoms with Crippen LogP contribution >= 0.6 is 0 Å². The van der Waals surface area contributed by atoms with Gasteiger partial charge >= 0.3 is 0 Å². The predicted octanol–water partition coefficient (Wildman–Crippen LogP) is 11.5. The molecule has 12 aromatic rings. The molecular weight excluding hydrogens is 733 g/mol. The van der Waals surface area contributed by atoms with Gasteiger partial charge in [0.25, 0.3) is 0 Å². The van der Waals surface area contributed by atoms with Crippen molar-refractivity contribution in [1.82, 2.24) is 9.13 Å². The molecule has 0 radical (unpaired) electrons. The number of rotatable bonds is 6. The number of furan rings is 1. The second-order valence-corrected chi connectivity index (χ2v) is 19.6. The third-order valence-corrected chi connectivity index (χ3v) is 17.2. The molecule has 3 aromatic heterocycles. The van der Waals surface area contributed by atoms with Gasteiger partial charge in [-0.1, -0.05) is 158 Å². The number of hydrogen-bond acceptors (Lipinski definition) is 1. The van der Waals surface area contributed by atoms with Crippen LogP contribution in [0, 0.1) is 6.92 Å². The SMILES string of the molecule is Cc1cc(-n2c3ccccc3c3c2ccc2c4ccccc4n(-c4ccccc4)c23)cc([Si](c2ccccc2)(c2ccccc2)c2ccc3oc4ccccc4c3c2)c1. The molecule has 0 amide bonds. The molecule has 59 heavy (non-hydrogen) atoms. The van der Waals surface area contributed by atoms with E-state index in [1.165, 1.54) is 69.9 Å². The Bertz CT molecular complexity index is 3520. The van der Waals surface area contributed by atoms with E-state index in [9.17, 15) is 0 Å². The zero-order chi connectivity index (χ0) is 39.1. The van der Waals surface area contributed by atoms with E-state index >= 15 is 0 Å². The standard InChI is InChI=1S/C55H38N2OSi/c1-37-33-39(56-50-27-15-12-25-47(50)54-51(56)31-30-46-44-23-11-14-26-49(44)57(55(46)54)38-17-5-2-6-18-38)35-43(34-37)59(40-19-7-3-8-20-40,41-21-9-4-10-22-41)42-29-32-53-48(36-42)45-24-13-16-28-52(45)58-53/h2-36H,1H3. The van der Waals surface area contributed by atoms with E-state index in [4.69, 9.17) is 4.42 Å². The zero-order valence-electron chi connectivity index (χ0n) is 32.5. The van der Waals surface area contributed by atoms with Crippen LogP contribution in [0.5, 0.6) is 0 Å². The van der Waals surface area contributed by atoms with Gasteiger partial charge in [-0.15, -0.1) is 0 Å². The summed E-state index contributed by atoms with van der Waals surface area (Å²) in [6.07, 6.45) is 0. The molecule has 0 unspecified atom stereocenters. The smallest absolute Gasteiger partial charge is 0.179 e. The van der Waals surface area contributed by atoms with Crippen molar-refractivity contribution in [1.29, 1.82) is 0 Å². The van der Waals surface area contributed by atoms with Crippen molar-refractivity contribution in [3.05, 3.63) is 218 Å². The van der Waals surface area contributed by atoms with Gasteiger partial charge in [-0.2, -0.15) is 0 Å². The Balaban J connectivity index is 1.20. The molecule has 0 aliphatic rings. The summed E-state index contributed by atoms with van der Waals surface area (Å²) in [5.41, 5.74) is 10.2. The molecule has 278 valence electrons. The molecular formula is C55H38N2OSi. The van der Waals surface area contributed by atoms with Gasteiger partial charge in [-0.3, -0.25) is 0 Å². The van der Waals surface area contributed by atoms with Crippen LogP contribution in [0.3, 0.4) is 0 Å². The van der Waals surface area contributed by atoms with E-state index in [0.29, 0.717) is 0 Å². The number of nitrogens with zero attached hydrogens (tertiary/aromatic N) is 2. The minimum Gasteiger partial charge on any atom is -0.456 e. The summed E-state index contributed by atoms with van der Waals surface area (Å²) in [5, 5.41) is 12.6.